The summed E-state index contributed by atoms with van der Waals surface area (Å²) >= 11 is 0. The average molecular weight is 246 g/mol. The van der Waals surface area contributed by atoms with Gasteiger partial charge in [0.05, 0.1) is 12.2 Å². The molecule has 94 valence electrons. The van der Waals surface area contributed by atoms with Gasteiger partial charge in [-0.05, 0) is 23.4 Å². The monoisotopic (exact) mass is 246 g/mol. The number of hydrogen-bond acceptors (Lipinski definition) is 2. The average Bonchev–Trinajstić information content (AvgIpc) is 2.37. The van der Waals surface area contributed by atoms with Crippen molar-refractivity contribution in [3.8, 4) is 0 Å². The van der Waals surface area contributed by atoms with Gasteiger partial charge in [0.15, 0.2) is 0 Å². The molecule has 3 heteroatoms. The zero-order chi connectivity index (χ0) is 13.1. The van der Waals surface area contributed by atoms with Gasteiger partial charge >= 0.3 is 5.97 Å². The van der Waals surface area contributed by atoms with E-state index in [-0.39, 0.29) is 11.7 Å². The van der Waals surface area contributed by atoms with Crippen LogP contribution in [-0.2, 0) is 4.74 Å². The van der Waals surface area contributed by atoms with Crippen molar-refractivity contribution < 1.29 is 13.9 Å². The Morgan fingerprint density at radius 2 is 1.83 bits per heavy atom. The molecule has 2 aromatic carbocycles. The Bertz CT molecular complexity index is 576. The topological polar surface area (TPSA) is 26.3 Å². The van der Waals surface area contributed by atoms with Crippen LogP contribution in [0, 0.1) is 11.7 Å². The normalized spacial score (nSPS) is 10.9. The van der Waals surface area contributed by atoms with Gasteiger partial charge in [0.25, 0.3) is 0 Å². The Labute approximate surface area is 105 Å². The van der Waals surface area contributed by atoms with Crippen LogP contribution in [0.15, 0.2) is 36.4 Å². The fraction of sp³-hybridized carbons (Fsp3) is 0.267. The number of esters is 1. The quantitative estimate of drug-likeness (QED) is 0.770. The lowest BCUT2D eigenvalue weighted by Gasteiger charge is -2.09. The van der Waals surface area contributed by atoms with Crippen molar-refractivity contribution in [2.45, 2.75) is 13.8 Å². The highest BCUT2D eigenvalue weighted by Gasteiger charge is 2.13. The van der Waals surface area contributed by atoms with Gasteiger partial charge in [0.2, 0.25) is 0 Å². The molecule has 0 aliphatic rings. The molecule has 0 amide bonds. The molecule has 0 saturated heterocycles. The number of rotatable bonds is 3. The van der Waals surface area contributed by atoms with Crippen LogP contribution in [0.5, 0.6) is 0 Å². The summed E-state index contributed by atoms with van der Waals surface area (Å²) in [6.45, 7) is 4.30. The Balaban J connectivity index is 2.39. The van der Waals surface area contributed by atoms with Crippen molar-refractivity contribution in [3.05, 3.63) is 47.8 Å². The fourth-order valence-corrected chi connectivity index (χ4v) is 1.76. The first-order valence-corrected chi connectivity index (χ1v) is 5.94. The largest absolute Gasteiger partial charge is 0.462 e. The van der Waals surface area contributed by atoms with Gasteiger partial charge in [0, 0.05) is 5.39 Å². The van der Waals surface area contributed by atoms with E-state index < -0.39 is 5.97 Å². The maximum atomic E-state index is 13.6. The van der Waals surface area contributed by atoms with E-state index >= 15 is 0 Å². The van der Waals surface area contributed by atoms with E-state index in [1.165, 1.54) is 12.1 Å². The third-order valence-corrected chi connectivity index (χ3v) is 2.64. The molecular formula is C15H15FO2. The molecule has 0 bridgehead atoms. The molecule has 0 unspecified atom stereocenters. The van der Waals surface area contributed by atoms with E-state index in [0.29, 0.717) is 22.9 Å². The second-order valence-electron chi connectivity index (χ2n) is 4.63. The Hall–Kier alpha value is -1.90. The molecule has 0 atom stereocenters. The lowest BCUT2D eigenvalue weighted by molar-refractivity contribution is 0.0461. The van der Waals surface area contributed by atoms with Gasteiger partial charge < -0.3 is 4.74 Å². The molecule has 0 aliphatic heterocycles. The van der Waals surface area contributed by atoms with Crippen LogP contribution in [0.3, 0.4) is 0 Å². The zero-order valence-corrected chi connectivity index (χ0v) is 10.4. The van der Waals surface area contributed by atoms with Gasteiger partial charge in [-0.2, -0.15) is 0 Å². The van der Waals surface area contributed by atoms with Crippen molar-refractivity contribution in [2.24, 2.45) is 5.92 Å². The predicted molar refractivity (Wildman–Crippen MR) is 69.0 cm³/mol. The SMILES string of the molecule is CC(C)COC(=O)c1ccc(F)c2ccccc12. The highest BCUT2D eigenvalue weighted by molar-refractivity contribution is 6.04. The lowest BCUT2D eigenvalue weighted by Crippen LogP contribution is -2.10. The maximum Gasteiger partial charge on any atom is 0.338 e. The van der Waals surface area contributed by atoms with Gasteiger partial charge in [0.1, 0.15) is 5.82 Å². The zero-order valence-electron chi connectivity index (χ0n) is 10.4. The molecule has 2 rings (SSSR count). The maximum absolute atomic E-state index is 13.6. The standard InChI is InChI=1S/C15H15FO2/c1-10(2)9-18-15(17)13-7-8-14(16)12-6-4-3-5-11(12)13/h3-8,10H,9H2,1-2H3. The van der Waals surface area contributed by atoms with Crippen LogP contribution in [0.2, 0.25) is 0 Å². The van der Waals surface area contributed by atoms with Crippen LogP contribution in [0.25, 0.3) is 10.8 Å². The number of carbonyl (C=O) groups excluding carboxylic acids is 1. The summed E-state index contributed by atoms with van der Waals surface area (Å²) in [7, 11) is 0. The van der Waals surface area contributed by atoms with E-state index in [0.717, 1.165) is 0 Å². The summed E-state index contributed by atoms with van der Waals surface area (Å²) in [5.74, 6) is -0.452. The summed E-state index contributed by atoms with van der Waals surface area (Å²) in [5.41, 5.74) is 0.410. The van der Waals surface area contributed by atoms with E-state index in [2.05, 4.69) is 0 Å². The van der Waals surface area contributed by atoms with Crippen molar-refractivity contribution in [3.63, 3.8) is 0 Å². The number of fused-ring (bicyclic) bond motifs is 1. The van der Waals surface area contributed by atoms with Crippen LogP contribution < -0.4 is 0 Å². The summed E-state index contributed by atoms with van der Waals surface area (Å²) in [5, 5.41) is 1.03. The van der Waals surface area contributed by atoms with Gasteiger partial charge in [-0.3, -0.25) is 0 Å². The molecule has 0 aliphatic carbocycles. The third kappa shape index (κ3) is 2.50. The van der Waals surface area contributed by atoms with Crippen LogP contribution in [0.4, 0.5) is 4.39 Å². The van der Waals surface area contributed by atoms with Crippen LogP contribution in [-0.4, -0.2) is 12.6 Å². The summed E-state index contributed by atoms with van der Waals surface area (Å²) in [4.78, 5) is 11.9. The molecule has 0 fully saturated rings. The second kappa shape index (κ2) is 5.17. The fourth-order valence-electron chi connectivity index (χ4n) is 1.76. The highest BCUT2D eigenvalue weighted by Crippen LogP contribution is 2.22. The van der Waals surface area contributed by atoms with Gasteiger partial charge in [-0.1, -0.05) is 38.1 Å². The Morgan fingerprint density at radius 1 is 1.17 bits per heavy atom. The first kappa shape index (κ1) is 12.6. The number of halogens is 1. The first-order valence-electron chi connectivity index (χ1n) is 5.94. The molecule has 0 saturated carbocycles. The Morgan fingerprint density at radius 3 is 2.50 bits per heavy atom. The number of ether oxygens (including phenoxy) is 1. The molecule has 18 heavy (non-hydrogen) atoms. The first-order chi connectivity index (χ1) is 8.59. The van der Waals surface area contributed by atoms with E-state index in [1.807, 2.05) is 13.8 Å². The molecule has 2 nitrogen and oxygen atoms in total. The minimum absolute atomic E-state index is 0.278. The minimum atomic E-state index is -0.403. The van der Waals surface area contributed by atoms with E-state index in [9.17, 15) is 9.18 Å². The smallest absolute Gasteiger partial charge is 0.338 e. The van der Waals surface area contributed by atoms with Crippen molar-refractivity contribution in [1.82, 2.24) is 0 Å². The van der Waals surface area contributed by atoms with Crippen LogP contribution >= 0.6 is 0 Å². The van der Waals surface area contributed by atoms with Crippen LogP contribution in [0.1, 0.15) is 24.2 Å². The number of benzene rings is 2. The second-order valence-corrected chi connectivity index (χ2v) is 4.63. The third-order valence-electron chi connectivity index (χ3n) is 2.64. The molecule has 0 spiro atoms. The molecule has 0 N–H and O–H groups in total. The Kier molecular flexibility index (Phi) is 3.60. The van der Waals surface area contributed by atoms with Gasteiger partial charge in [-0.15, -0.1) is 0 Å². The molecular weight excluding hydrogens is 231 g/mol. The van der Waals surface area contributed by atoms with Gasteiger partial charge in [-0.25, -0.2) is 9.18 Å². The van der Waals surface area contributed by atoms with Crippen molar-refractivity contribution >= 4 is 16.7 Å². The summed E-state index contributed by atoms with van der Waals surface area (Å²) in [6.07, 6.45) is 0. The molecule has 0 radical (unpaired) electrons. The summed E-state index contributed by atoms with van der Waals surface area (Å²) in [6, 6.07) is 9.68. The lowest BCUT2D eigenvalue weighted by atomic mass is 10.0. The number of hydrogen-bond donors (Lipinski definition) is 0. The highest BCUT2D eigenvalue weighted by atomic mass is 19.1. The molecule has 0 heterocycles. The predicted octanol–water partition coefficient (Wildman–Crippen LogP) is 3.79. The molecule has 0 aromatic heterocycles. The number of carbonyl (C=O) groups is 1. The minimum Gasteiger partial charge on any atom is -0.462 e. The van der Waals surface area contributed by atoms with E-state index in [1.54, 1.807) is 24.3 Å². The van der Waals surface area contributed by atoms with E-state index in [4.69, 9.17) is 4.74 Å². The summed E-state index contributed by atoms with van der Waals surface area (Å²) < 4.78 is 18.8. The molecule has 2 aromatic rings. The van der Waals surface area contributed by atoms with Crippen molar-refractivity contribution in [1.29, 1.82) is 0 Å². The van der Waals surface area contributed by atoms with Crippen molar-refractivity contribution in [2.75, 3.05) is 6.61 Å².